The minimum atomic E-state index is -0.280. The number of carbonyl (C=O) groups is 2. The molecule has 6 nitrogen and oxygen atoms in total. The summed E-state index contributed by atoms with van der Waals surface area (Å²) < 4.78 is 5.51. The van der Waals surface area contributed by atoms with E-state index in [1.807, 2.05) is 0 Å². The molecule has 0 saturated carbocycles. The Balaban J connectivity index is 1.79. The molecular formula is C12H13N3O3. The molecule has 2 aliphatic rings. The van der Waals surface area contributed by atoms with Gasteiger partial charge in [-0.15, -0.1) is 0 Å². The minimum Gasteiger partial charge on any atom is -0.374 e. The summed E-state index contributed by atoms with van der Waals surface area (Å²) in [4.78, 5) is 29.3. The molecule has 2 aliphatic heterocycles. The van der Waals surface area contributed by atoms with Gasteiger partial charge in [0.1, 0.15) is 0 Å². The largest absolute Gasteiger partial charge is 0.374 e. The van der Waals surface area contributed by atoms with Crippen LogP contribution in [0.2, 0.25) is 0 Å². The summed E-state index contributed by atoms with van der Waals surface area (Å²) in [6, 6.07) is 1.58. The number of aromatic nitrogens is 1. The Morgan fingerprint density at radius 1 is 1.39 bits per heavy atom. The van der Waals surface area contributed by atoms with Gasteiger partial charge >= 0.3 is 0 Å². The molecule has 1 saturated heterocycles. The lowest BCUT2D eigenvalue weighted by Crippen LogP contribution is -2.46. The molecule has 6 heteroatoms. The summed E-state index contributed by atoms with van der Waals surface area (Å²) in [5.41, 5.74) is 0.810. The first-order valence-corrected chi connectivity index (χ1v) is 5.90. The second kappa shape index (κ2) is 4.47. The molecule has 0 aliphatic carbocycles. The topological polar surface area (TPSA) is 71.5 Å². The van der Waals surface area contributed by atoms with E-state index in [0.717, 1.165) is 6.54 Å². The lowest BCUT2D eigenvalue weighted by Gasteiger charge is -2.26. The number of ether oxygens (including phenoxy) is 1. The fraction of sp³-hybridized carbons (Fsp3) is 0.417. The number of hydrogen-bond donors (Lipinski definition) is 1. The molecule has 0 spiro atoms. The van der Waals surface area contributed by atoms with Gasteiger partial charge in [-0.05, 0) is 6.07 Å². The molecule has 1 atom stereocenters. The van der Waals surface area contributed by atoms with Gasteiger partial charge in [-0.2, -0.15) is 0 Å². The third kappa shape index (κ3) is 1.79. The number of carbonyl (C=O) groups excluding carboxylic acids is 2. The monoisotopic (exact) mass is 247 g/mol. The summed E-state index contributed by atoms with van der Waals surface area (Å²) in [6.45, 7) is 2.36. The zero-order valence-electron chi connectivity index (χ0n) is 9.76. The van der Waals surface area contributed by atoms with E-state index < -0.39 is 0 Å². The van der Waals surface area contributed by atoms with E-state index in [4.69, 9.17) is 4.74 Å². The van der Waals surface area contributed by atoms with Crippen LogP contribution in [-0.2, 0) is 4.74 Å². The van der Waals surface area contributed by atoms with E-state index in [0.29, 0.717) is 30.8 Å². The zero-order valence-corrected chi connectivity index (χ0v) is 9.76. The van der Waals surface area contributed by atoms with Crippen LogP contribution in [0.3, 0.4) is 0 Å². The van der Waals surface area contributed by atoms with Crippen molar-refractivity contribution in [3.8, 4) is 0 Å². The van der Waals surface area contributed by atoms with Crippen LogP contribution in [-0.4, -0.2) is 54.0 Å². The third-order valence-electron chi connectivity index (χ3n) is 3.16. The lowest BCUT2D eigenvalue weighted by molar-refractivity contribution is 0.00861. The van der Waals surface area contributed by atoms with Crippen LogP contribution < -0.4 is 5.32 Å². The van der Waals surface area contributed by atoms with E-state index in [-0.39, 0.29) is 17.9 Å². The maximum absolute atomic E-state index is 12.1. The molecule has 94 valence electrons. The first-order valence-electron chi connectivity index (χ1n) is 5.90. The number of rotatable bonds is 2. The Hall–Kier alpha value is -1.79. The van der Waals surface area contributed by atoms with Crippen molar-refractivity contribution in [1.29, 1.82) is 0 Å². The lowest BCUT2D eigenvalue weighted by atomic mass is 10.2. The van der Waals surface area contributed by atoms with Crippen molar-refractivity contribution in [2.75, 3.05) is 26.2 Å². The third-order valence-corrected chi connectivity index (χ3v) is 3.16. The Morgan fingerprint density at radius 3 is 2.94 bits per heavy atom. The molecule has 3 heterocycles. The van der Waals surface area contributed by atoms with E-state index >= 15 is 0 Å². The van der Waals surface area contributed by atoms with Crippen molar-refractivity contribution >= 4 is 11.8 Å². The number of nitrogens with one attached hydrogen (secondary N) is 1. The van der Waals surface area contributed by atoms with Crippen LogP contribution in [0.4, 0.5) is 0 Å². The Morgan fingerprint density at radius 2 is 2.22 bits per heavy atom. The summed E-state index contributed by atoms with van der Waals surface area (Å²) in [7, 11) is 0. The number of fused-ring (bicyclic) bond motifs is 1. The Kier molecular flexibility index (Phi) is 2.81. The number of pyridine rings is 1. The average molecular weight is 247 g/mol. The number of morpholine rings is 1. The molecular weight excluding hydrogens is 234 g/mol. The maximum Gasteiger partial charge on any atom is 0.263 e. The quantitative estimate of drug-likeness (QED) is 0.724. The van der Waals surface area contributed by atoms with Crippen LogP contribution >= 0.6 is 0 Å². The van der Waals surface area contributed by atoms with Gasteiger partial charge < -0.3 is 10.1 Å². The van der Waals surface area contributed by atoms with Gasteiger partial charge in [0, 0.05) is 25.5 Å². The average Bonchev–Trinajstić information content (AvgIpc) is 2.66. The molecule has 0 bridgehead atoms. The molecule has 0 radical (unpaired) electrons. The van der Waals surface area contributed by atoms with Crippen molar-refractivity contribution in [3.05, 3.63) is 29.6 Å². The molecule has 3 rings (SSSR count). The van der Waals surface area contributed by atoms with Crippen molar-refractivity contribution in [3.63, 3.8) is 0 Å². The fourth-order valence-electron chi connectivity index (χ4n) is 2.24. The predicted octanol–water partition coefficient (Wildman–Crippen LogP) is -0.334. The first kappa shape index (κ1) is 11.3. The first-order chi connectivity index (χ1) is 8.77. The number of amides is 2. The molecule has 2 amide bonds. The van der Waals surface area contributed by atoms with E-state index in [1.165, 1.54) is 17.3 Å². The van der Waals surface area contributed by atoms with Gasteiger partial charge in [-0.3, -0.25) is 19.5 Å². The predicted molar refractivity (Wildman–Crippen MR) is 62.2 cm³/mol. The van der Waals surface area contributed by atoms with Crippen molar-refractivity contribution in [2.45, 2.75) is 6.10 Å². The van der Waals surface area contributed by atoms with Gasteiger partial charge in [0.15, 0.2) is 0 Å². The Bertz CT molecular complexity index is 462. The van der Waals surface area contributed by atoms with E-state index in [9.17, 15) is 9.59 Å². The van der Waals surface area contributed by atoms with E-state index in [2.05, 4.69) is 10.3 Å². The Labute approximate surface area is 104 Å². The molecule has 1 aromatic heterocycles. The van der Waals surface area contributed by atoms with Gasteiger partial charge in [0.25, 0.3) is 11.8 Å². The molecule has 18 heavy (non-hydrogen) atoms. The summed E-state index contributed by atoms with van der Waals surface area (Å²) in [5.74, 6) is -0.538. The summed E-state index contributed by atoms with van der Waals surface area (Å²) >= 11 is 0. The minimum absolute atomic E-state index is 0.131. The molecule has 1 fully saturated rings. The summed E-state index contributed by atoms with van der Waals surface area (Å²) in [6.07, 6.45) is 2.83. The van der Waals surface area contributed by atoms with Gasteiger partial charge in [0.2, 0.25) is 0 Å². The highest BCUT2D eigenvalue weighted by Gasteiger charge is 2.37. The normalized spacial score (nSPS) is 23.3. The van der Waals surface area contributed by atoms with Crippen molar-refractivity contribution < 1.29 is 14.3 Å². The summed E-state index contributed by atoms with van der Waals surface area (Å²) in [5, 5.41) is 3.17. The standard InChI is InChI=1S/C12H13N3O3/c16-11-9-1-2-13-6-10(9)12(17)15(11)7-8-5-14-3-4-18-8/h1-2,6,8,14H,3-5,7H2. The number of nitrogens with zero attached hydrogens (tertiary/aromatic N) is 2. The van der Waals surface area contributed by atoms with Crippen LogP contribution in [0.5, 0.6) is 0 Å². The van der Waals surface area contributed by atoms with Crippen molar-refractivity contribution in [2.24, 2.45) is 0 Å². The molecule has 1 aromatic rings. The second-order valence-corrected chi connectivity index (χ2v) is 4.34. The van der Waals surface area contributed by atoms with Gasteiger partial charge in [0.05, 0.1) is 30.4 Å². The zero-order chi connectivity index (χ0) is 12.5. The smallest absolute Gasteiger partial charge is 0.263 e. The highest BCUT2D eigenvalue weighted by Crippen LogP contribution is 2.22. The SMILES string of the molecule is O=C1c2ccncc2C(=O)N1CC1CNCCO1. The van der Waals surface area contributed by atoms with Crippen LogP contribution in [0.15, 0.2) is 18.5 Å². The van der Waals surface area contributed by atoms with Crippen LogP contribution in [0, 0.1) is 0 Å². The maximum atomic E-state index is 12.1. The van der Waals surface area contributed by atoms with Gasteiger partial charge in [-0.1, -0.05) is 0 Å². The van der Waals surface area contributed by atoms with Crippen LogP contribution in [0.25, 0.3) is 0 Å². The molecule has 0 aromatic carbocycles. The van der Waals surface area contributed by atoms with Gasteiger partial charge in [-0.25, -0.2) is 0 Å². The second-order valence-electron chi connectivity index (χ2n) is 4.34. The van der Waals surface area contributed by atoms with Crippen LogP contribution in [0.1, 0.15) is 20.7 Å². The number of imide groups is 1. The number of hydrogen-bond acceptors (Lipinski definition) is 5. The highest BCUT2D eigenvalue weighted by molar-refractivity contribution is 6.21. The molecule has 1 unspecified atom stereocenters. The van der Waals surface area contributed by atoms with Crippen molar-refractivity contribution in [1.82, 2.24) is 15.2 Å². The fourth-order valence-corrected chi connectivity index (χ4v) is 2.24. The molecule has 1 N–H and O–H groups in total. The van der Waals surface area contributed by atoms with E-state index in [1.54, 1.807) is 6.07 Å². The highest BCUT2D eigenvalue weighted by atomic mass is 16.5.